The highest BCUT2D eigenvalue weighted by molar-refractivity contribution is 7.90. The molecular formula is C19H16ClN3O5S. The highest BCUT2D eigenvalue weighted by Crippen LogP contribution is 2.28. The van der Waals surface area contributed by atoms with Gasteiger partial charge in [-0.3, -0.25) is 0 Å². The normalized spacial score (nSPS) is 11.9. The fraction of sp³-hybridized carbons (Fsp3) is 0.211. The molecule has 10 heteroatoms. The second kappa shape index (κ2) is 7.48. The van der Waals surface area contributed by atoms with Crippen LogP contribution in [-0.2, 0) is 15.6 Å². The van der Waals surface area contributed by atoms with E-state index in [4.69, 9.17) is 11.6 Å². The first-order valence-electron chi connectivity index (χ1n) is 8.36. The van der Waals surface area contributed by atoms with Gasteiger partial charge in [0, 0.05) is 0 Å². The van der Waals surface area contributed by atoms with Gasteiger partial charge in [0.25, 0.3) is 0 Å². The minimum absolute atomic E-state index is 0.0337. The van der Waals surface area contributed by atoms with Crippen molar-refractivity contribution in [3.05, 3.63) is 69.0 Å². The van der Waals surface area contributed by atoms with Gasteiger partial charge in [-0.15, -0.1) is 0 Å². The quantitative estimate of drug-likeness (QED) is 0.384. The maximum absolute atomic E-state index is 12.7. The zero-order valence-corrected chi connectivity index (χ0v) is 17.0. The van der Waals surface area contributed by atoms with Crippen LogP contribution in [0.4, 0.5) is 5.82 Å². The molecule has 0 unspecified atom stereocenters. The Bertz CT molecular complexity index is 1270. The number of hydrogen-bond acceptors (Lipinski definition) is 6. The summed E-state index contributed by atoms with van der Waals surface area (Å²) in [6, 6.07) is 9.07. The zero-order valence-electron chi connectivity index (χ0n) is 15.5. The van der Waals surface area contributed by atoms with Crippen LogP contribution >= 0.6 is 11.6 Å². The molecular weight excluding hydrogens is 418 g/mol. The minimum atomic E-state index is -3.86. The van der Waals surface area contributed by atoms with Crippen molar-refractivity contribution in [2.45, 2.75) is 30.1 Å². The Labute approximate surface area is 171 Å². The SMILES string of the molecule is CC(C)(O)C#Cc1cc(Cl)cn2c([N+](=O)[O-])c(CS(=O)(=O)c3ccccc3)nc12. The van der Waals surface area contributed by atoms with Gasteiger partial charge >= 0.3 is 5.82 Å². The van der Waals surface area contributed by atoms with E-state index < -0.39 is 31.9 Å². The number of nitrogens with zero attached hydrogens (tertiary/aromatic N) is 3. The number of fused-ring (bicyclic) bond motifs is 1. The number of pyridine rings is 1. The lowest BCUT2D eigenvalue weighted by atomic mass is 10.1. The topological polar surface area (TPSA) is 115 Å². The molecule has 0 aliphatic rings. The molecule has 1 N–H and O–H groups in total. The molecule has 0 amide bonds. The average molecular weight is 434 g/mol. The van der Waals surface area contributed by atoms with Gasteiger partial charge in [0.1, 0.15) is 17.6 Å². The Kier molecular flexibility index (Phi) is 5.36. The molecule has 0 aliphatic carbocycles. The van der Waals surface area contributed by atoms with E-state index >= 15 is 0 Å². The number of halogens is 1. The first-order chi connectivity index (χ1) is 13.5. The third-order valence-corrected chi connectivity index (χ3v) is 5.69. The van der Waals surface area contributed by atoms with Crippen LogP contribution in [0.5, 0.6) is 0 Å². The molecule has 1 aromatic carbocycles. The molecule has 0 bridgehead atoms. The van der Waals surface area contributed by atoms with Crippen molar-refractivity contribution >= 4 is 32.9 Å². The number of aliphatic hydroxyl groups is 1. The van der Waals surface area contributed by atoms with Crippen molar-refractivity contribution in [3.8, 4) is 11.8 Å². The van der Waals surface area contributed by atoms with Crippen molar-refractivity contribution in [2.75, 3.05) is 0 Å². The Morgan fingerprint density at radius 2 is 1.97 bits per heavy atom. The van der Waals surface area contributed by atoms with Crippen LogP contribution < -0.4 is 0 Å². The number of benzene rings is 1. The molecule has 2 aromatic heterocycles. The van der Waals surface area contributed by atoms with Crippen LogP contribution in [0.1, 0.15) is 25.1 Å². The molecule has 0 spiro atoms. The highest BCUT2D eigenvalue weighted by Gasteiger charge is 2.29. The Morgan fingerprint density at radius 3 is 2.55 bits per heavy atom. The predicted molar refractivity (Wildman–Crippen MR) is 107 cm³/mol. The lowest BCUT2D eigenvalue weighted by molar-refractivity contribution is -0.391. The van der Waals surface area contributed by atoms with E-state index in [0.29, 0.717) is 0 Å². The molecule has 0 saturated carbocycles. The van der Waals surface area contributed by atoms with Gasteiger partial charge < -0.3 is 15.2 Å². The van der Waals surface area contributed by atoms with Gasteiger partial charge in [0.05, 0.1) is 15.5 Å². The standard InChI is InChI=1S/C19H16ClN3O5S/c1-19(2,24)9-8-13-10-14(20)11-22-17(13)21-16(18(22)23(25)26)12-29(27,28)15-6-4-3-5-7-15/h3-7,10-11,24H,12H2,1-2H3. The van der Waals surface area contributed by atoms with Crippen molar-refractivity contribution in [2.24, 2.45) is 0 Å². The number of rotatable bonds is 4. The van der Waals surface area contributed by atoms with Crippen molar-refractivity contribution in [1.29, 1.82) is 0 Å². The maximum Gasteiger partial charge on any atom is 0.352 e. The first-order valence-corrected chi connectivity index (χ1v) is 10.4. The van der Waals surface area contributed by atoms with Gasteiger partial charge in [0.15, 0.2) is 15.5 Å². The van der Waals surface area contributed by atoms with Crippen molar-refractivity contribution in [1.82, 2.24) is 9.38 Å². The molecule has 0 radical (unpaired) electrons. The van der Waals surface area contributed by atoms with E-state index in [2.05, 4.69) is 16.8 Å². The molecule has 0 saturated heterocycles. The Balaban J connectivity index is 2.22. The highest BCUT2D eigenvalue weighted by atomic mass is 35.5. The number of nitro groups is 1. The summed E-state index contributed by atoms with van der Waals surface area (Å²) in [7, 11) is -3.86. The van der Waals surface area contributed by atoms with Crippen LogP contribution in [0.25, 0.3) is 5.65 Å². The lowest BCUT2D eigenvalue weighted by Crippen LogP contribution is -2.14. The van der Waals surface area contributed by atoms with Gasteiger partial charge in [-0.25, -0.2) is 13.4 Å². The van der Waals surface area contributed by atoms with Crippen LogP contribution in [0.3, 0.4) is 0 Å². The Hall–Kier alpha value is -2.93. The smallest absolute Gasteiger partial charge is 0.352 e. The monoisotopic (exact) mass is 433 g/mol. The maximum atomic E-state index is 12.7. The largest absolute Gasteiger partial charge is 0.378 e. The second-order valence-electron chi connectivity index (χ2n) is 6.79. The van der Waals surface area contributed by atoms with E-state index in [0.717, 1.165) is 4.40 Å². The van der Waals surface area contributed by atoms with Crippen molar-refractivity contribution < 1.29 is 18.4 Å². The average Bonchev–Trinajstić information content (AvgIpc) is 2.97. The summed E-state index contributed by atoms with van der Waals surface area (Å²) in [5, 5.41) is 21.7. The third kappa shape index (κ3) is 4.56. The summed E-state index contributed by atoms with van der Waals surface area (Å²) in [6.07, 6.45) is 1.27. The fourth-order valence-electron chi connectivity index (χ4n) is 2.64. The molecule has 0 atom stereocenters. The van der Waals surface area contributed by atoms with E-state index in [-0.39, 0.29) is 26.8 Å². The number of hydrogen-bond donors (Lipinski definition) is 1. The second-order valence-corrected chi connectivity index (χ2v) is 9.21. The molecule has 8 nitrogen and oxygen atoms in total. The van der Waals surface area contributed by atoms with Crippen LogP contribution in [-0.4, -0.2) is 33.4 Å². The number of aromatic nitrogens is 2. The predicted octanol–water partition coefficient (Wildman–Crippen LogP) is 2.99. The number of sulfone groups is 1. The fourth-order valence-corrected chi connectivity index (χ4v) is 4.14. The summed E-state index contributed by atoms with van der Waals surface area (Å²) >= 11 is 6.07. The van der Waals surface area contributed by atoms with Crippen molar-refractivity contribution in [3.63, 3.8) is 0 Å². The number of imidazole rings is 1. The summed E-state index contributed by atoms with van der Waals surface area (Å²) in [5.41, 5.74) is -1.23. The molecule has 0 fully saturated rings. The summed E-state index contributed by atoms with van der Waals surface area (Å²) in [6.45, 7) is 2.96. The van der Waals surface area contributed by atoms with E-state index in [1.165, 1.54) is 38.2 Å². The Morgan fingerprint density at radius 1 is 1.31 bits per heavy atom. The van der Waals surface area contributed by atoms with Gasteiger partial charge in [-0.1, -0.05) is 41.6 Å². The van der Waals surface area contributed by atoms with Crippen LogP contribution in [0, 0.1) is 22.0 Å². The third-order valence-electron chi connectivity index (χ3n) is 3.84. The minimum Gasteiger partial charge on any atom is -0.378 e. The van der Waals surface area contributed by atoms with E-state index in [1.807, 2.05) is 0 Å². The van der Waals surface area contributed by atoms with Crippen LogP contribution in [0.2, 0.25) is 5.02 Å². The molecule has 3 aromatic rings. The van der Waals surface area contributed by atoms with E-state index in [9.17, 15) is 23.6 Å². The molecule has 0 aliphatic heterocycles. The summed E-state index contributed by atoms with van der Waals surface area (Å²) in [5.74, 6) is 4.13. The van der Waals surface area contributed by atoms with Gasteiger partial charge in [0.2, 0.25) is 5.65 Å². The van der Waals surface area contributed by atoms with Gasteiger partial charge in [-0.05, 0) is 37.0 Å². The van der Waals surface area contributed by atoms with Crippen LogP contribution in [0.15, 0.2) is 47.5 Å². The van der Waals surface area contributed by atoms with Gasteiger partial charge in [-0.2, -0.15) is 4.40 Å². The molecule has 150 valence electrons. The molecule has 3 rings (SSSR count). The lowest BCUT2D eigenvalue weighted by Gasteiger charge is -2.05. The zero-order chi connectivity index (χ0) is 21.4. The molecule has 2 heterocycles. The van der Waals surface area contributed by atoms with E-state index in [1.54, 1.807) is 18.2 Å². The molecule has 29 heavy (non-hydrogen) atoms. The summed E-state index contributed by atoms with van der Waals surface area (Å²) < 4.78 is 26.5. The first kappa shape index (κ1) is 20.8. The summed E-state index contributed by atoms with van der Waals surface area (Å²) in [4.78, 5) is 15.2.